The Morgan fingerprint density at radius 3 is 2.45 bits per heavy atom. The largest absolute Gasteiger partial charge is 0.478 e. The molecule has 0 unspecified atom stereocenters. The van der Waals surface area contributed by atoms with Gasteiger partial charge in [-0.25, -0.2) is 13.2 Å². The Morgan fingerprint density at radius 2 is 2.00 bits per heavy atom. The molecular weight excluding hydrogens is 282 g/mol. The molecule has 0 saturated heterocycles. The van der Waals surface area contributed by atoms with Gasteiger partial charge in [-0.15, -0.1) is 0 Å². The number of hydrogen-bond acceptors (Lipinski definition) is 3. The average molecular weight is 297 g/mol. The predicted molar refractivity (Wildman–Crippen MR) is 72.9 cm³/mol. The first-order chi connectivity index (χ1) is 9.07. The molecule has 0 aliphatic heterocycles. The van der Waals surface area contributed by atoms with E-state index >= 15 is 0 Å². The molecule has 1 aromatic rings. The Morgan fingerprint density at radius 1 is 1.40 bits per heavy atom. The van der Waals surface area contributed by atoms with Gasteiger partial charge in [0.15, 0.2) is 0 Å². The summed E-state index contributed by atoms with van der Waals surface area (Å²) in [6, 6.07) is 4.02. The third-order valence-corrected chi connectivity index (χ3v) is 3.61. The molecule has 7 nitrogen and oxygen atoms in total. The summed E-state index contributed by atoms with van der Waals surface area (Å²) in [4.78, 5) is 12.8. The van der Waals surface area contributed by atoms with Gasteiger partial charge in [0.1, 0.15) is 0 Å². The fraction of sp³-hybridized carbons (Fsp3) is 0.417. The van der Waals surface area contributed by atoms with Crippen LogP contribution in [0.3, 0.4) is 0 Å². The molecule has 0 atom stereocenters. The highest BCUT2D eigenvalue weighted by molar-refractivity contribution is 7.90. The smallest absolute Gasteiger partial charge is 0.337 e. The minimum atomic E-state index is -4.34. The SMILES string of the molecule is CC(C)(C)Cc1ccc(C(=O)O)c(S(=O)(=O)N=[N+]=[N-])c1. The third-order valence-electron chi connectivity index (χ3n) is 2.43. The van der Waals surface area contributed by atoms with Crippen LogP contribution < -0.4 is 0 Å². The van der Waals surface area contributed by atoms with Gasteiger partial charge in [-0.1, -0.05) is 26.8 Å². The van der Waals surface area contributed by atoms with E-state index in [1.54, 1.807) is 6.07 Å². The summed E-state index contributed by atoms with van der Waals surface area (Å²) in [6.07, 6.45) is 0.561. The quantitative estimate of drug-likeness (QED) is 0.521. The van der Waals surface area contributed by atoms with Gasteiger partial charge >= 0.3 is 5.97 Å². The Labute approximate surface area is 116 Å². The van der Waals surface area contributed by atoms with Crippen LogP contribution in [-0.2, 0) is 16.4 Å². The van der Waals surface area contributed by atoms with Crippen LogP contribution in [0.15, 0.2) is 27.6 Å². The van der Waals surface area contributed by atoms with Crippen molar-refractivity contribution in [3.05, 3.63) is 39.8 Å². The minimum Gasteiger partial charge on any atom is -0.478 e. The Hall–Kier alpha value is -2.05. The molecule has 1 aromatic carbocycles. The third kappa shape index (κ3) is 3.97. The number of hydrogen-bond donors (Lipinski definition) is 1. The number of azide groups is 1. The van der Waals surface area contributed by atoms with Crippen LogP contribution >= 0.6 is 0 Å². The van der Waals surface area contributed by atoms with Gasteiger partial charge in [0, 0.05) is 9.43 Å². The fourth-order valence-electron chi connectivity index (χ4n) is 1.77. The molecule has 0 bridgehead atoms. The maximum atomic E-state index is 11.8. The lowest BCUT2D eigenvalue weighted by molar-refractivity contribution is 0.0692. The number of rotatable bonds is 4. The van der Waals surface area contributed by atoms with E-state index in [1.807, 2.05) is 20.8 Å². The zero-order valence-corrected chi connectivity index (χ0v) is 12.2. The number of carbonyl (C=O) groups is 1. The number of sulfonamides is 1. The first kappa shape index (κ1) is 16.0. The van der Waals surface area contributed by atoms with Gasteiger partial charge in [-0.05, 0) is 35.1 Å². The van der Waals surface area contributed by atoms with E-state index in [-0.39, 0.29) is 5.41 Å². The van der Waals surface area contributed by atoms with Crippen molar-refractivity contribution in [2.45, 2.75) is 32.1 Å². The molecule has 0 heterocycles. The Bertz CT molecular complexity index is 683. The van der Waals surface area contributed by atoms with Crippen molar-refractivity contribution in [2.75, 3.05) is 0 Å². The van der Waals surface area contributed by atoms with E-state index in [0.717, 1.165) is 0 Å². The molecular formula is C12H15N3O4S. The second kappa shape index (κ2) is 5.52. The van der Waals surface area contributed by atoms with Crippen molar-refractivity contribution in [1.82, 2.24) is 0 Å². The normalized spacial score (nSPS) is 11.8. The number of carboxylic acid groups (broad SMARTS) is 1. The molecule has 108 valence electrons. The molecule has 0 amide bonds. The average Bonchev–Trinajstić information content (AvgIpc) is 2.26. The topological polar surface area (TPSA) is 120 Å². The first-order valence-corrected chi connectivity index (χ1v) is 7.18. The maximum Gasteiger partial charge on any atom is 0.337 e. The zero-order valence-electron chi connectivity index (χ0n) is 11.4. The lowest BCUT2D eigenvalue weighted by atomic mass is 9.88. The molecule has 0 spiro atoms. The minimum absolute atomic E-state index is 0.0930. The van der Waals surface area contributed by atoms with Crippen molar-refractivity contribution in [3.63, 3.8) is 0 Å². The summed E-state index contributed by atoms with van der Waals surface area (Å²) in [5.41, 5.74) is 8.44. The van der Waals surface area contributed by atoms with Crippen LogP contribution in [0.25, 0.3) is 10.4 Å². The highest BCUT2D eigenvalue weighted by Gasteiger charge is 2.23. The fourth-order valence-corrected chi connectivity index (χ4v) is 2.69. The van der Waals surface area contributed by atoms with Gasteiger partial charge in [-0.2, -0.15) is 0 Å². The summed E-state index contributed by atoms with van der Waals surface area (Å²) in [5.74, 6) is -1.39. The van der Waals surface area contributed by atoms with E-state index < -0.39 is 26.5 Å². The molecule has 1 rings (SSSR count). The molecule has 8 heteroatoms. The number of aromatic carboxylic acids is 1. The van der Waals surface area contributed by atoms with E-state index in [4.69, 9.17) is 10.6 Å². The van der Waals surface area contributed by atoms with Gasteiger partial charge < -0.3 is 5.11 Å². The maximum absolute atomic E-state index is 11.8. The highest BCUT2D eigenvalue weighted by Crippen LogP contribution is 2.25. The Balaban J connectivity index is 3.49. The summed E-state index contributed by atoms with van der Waals surface area (Å²) < 4.78 is 26.3. The molecule has 1 N–H and O–H groups in total. The van der Waals surface area contributed by atoms with Crippen molar-refractivity contribution in [1.29, 1.82) is 0 Å². The summed E-state index contributed by atoms with van der Waals surface area (Å²) in [6.45, 7) is 5.92. The summed E-state index contributed by atoms with van der Waals surface area (Å²) in [7, 11) is -4.34. The number of nitrogens with zero attached hydrogens (tertiary/aromatic N) is 3. The van der Waals surface area contributed by atoms with Gasteiger partial charge in [0.05, 0.1) is 10.5 Å². The lowest BCUT2D eigenvalue weighted by Crippen LogP contribution is -2.12. The van der Waals surface area contributed by atoms with Crippen LogP contribution in [0, 0.1) is 5.41 Å². The van der Waals surface area contributed by atoms with Crippen molar-refractivity contribution >= 4 is 16.0 Å². The monoisotopic (exact) mass is 297 g/mol. The van der Waals surface area contributed by atoms with Crippen molar-refractivity contribution < 1.29 is 18.3 Å². The van der Waals surface area contributed by atoms with E-state index in [1.165, 1.54) is 12.1 Å². The summed E-state index contributed by atoms with van der Waals surface area (Å²) in [5, 5.41) is 9.02. The Kier molecular flexibility index (Phi) is 4.42. The molecule has 0 radical (unpaired) electrons. The van der Waals surface area contributed by atoms with Crippen molar-refractivity contribution in [3.8, 4) is 0 Å². The van der Waals surface area contributed by atoms with E-state index in [0.29, 0.717) is 12.0 Å². The van der Waals surface area contributed by atoms with Gasteiger partial charge in [-0.3, -0.25) is 0 Å². The zero-order chi connectivity index (χ0) is 15.6. The van der Waals surface area contributed by atoms with Crippen LogP contribution in [0.5, 0.6) is 0 Å². The second-order valence-electron chi connectivity index (χ2n) is 5.52. The second-order valence-corrected chi connectivity index (χ2v) is 7.07. The number of benzene rings is 1. The molecule has 20 heavy (non-hydrogen) atoms. The number of carboxylic acids is 1. The van der Waals surface area contributed by atoms with E-state index in [2.05, 4.69) is 9.43 Å². The summed E-state index contributed by atoms with van der Waals surface area (Å²) >= 11 is 0. The van der Waals surface area contributed by atoms with Gasteiger partial charge in [0.25, 0.3) is 10.0 Å². The van der Waals surface area contributed by atoms with Crippen LogP contribution in [0.2, 0.25) is 0 Å². The van der Waals surface area contributed by atoms with Crippen LogP contribution in [-0.4, -0.2) is 19.5 Å². The highest BCUT2D eigenvalue weighted by atomic mass is 32.2. The molecule has 0 saturated carbocycles. The lowest BCUT2D eigenvalue weighted by Gasteiger charge is -2.18. The standard InChI is InChI=1S/C12H15N3O4S/c1-12(2,3)7-8-4-5-9(11(16)17)10(6-8)20(18,19)15-14-13/h4-6H,7H2,1-3H3,(H,16,17). The molecule has 0 aliphatic carbocycles. The van der Waals surface area contributed by atoms with Crippen LogP contribution in [0.4, 0.5) is 0 Å². The molecule has 0 aliphatic rings. The first-order valence-electron chi connectivity index (χ1n) is 5.74. The molecule has 0 aromatic heterocycles. The van der Waals surface area contributed by atoms with Crippen molar-refractivity contribution in [2.24, 2.45) is 9.93 Å². The van der Waals surface area contributed by atoms with Crippen LogP contribution in [0.1, 0.15) is 36.7 Å². The van der Waals surface area contributed by atoms with Gasteiger partial charge in [0.2, 0.25) is 0 Å². The molecule has 0 fully saturated rings. The predicted octanol–water partition coefficient (Wildman–Crippen LogP) is 2.97. The van der Waals surface area contributed by atoms with E-state index in [9.17, 15) is 13.2 Å².